The summed E-state index contributed by atoms with van der Waals surface area (Å²) in [5.74, 6) is 0.598. The Balaban J connectivity index is 2.26. The van der Waals surface area contributed by atoms with Gasteiger partial charge in [-0.2, -0.15) is 0 Å². The summed E-state index contributed by atoms with van der Waals surface area (Å²) >= 11 is 0. The molecule has 2 amide bonds. The average Bonchev–Trinajstić information content (AvgIpc) is 2.58. The van der Waals surface area contributed by atoms with Crippen molar-refractivity contribution in [2.24, 2.45) is 0 Å². The van der Waals surface area contributed by atoms with Crippen LogP contribution in [0.1, 0.15) is 64.4 Å². The fourth-order valence-electron chi connectivity index (χ4n) is 2.05. The number of unbranched alkanes of at least 4 members (excludes halogenated alkanes) is 2. The molecule has 23 heavy (non-hydrogen) atoms. The molecule has 0 radical (unpaired) electrons. The van der Waals surface area contributed by atoms with Gasteiger partial charge in [0.05, 0.1) is 0 Å². The Hall–Kier alpha value is -2.04. The van der Waals surface area contributed by atoms with Crippen molar-refractivity contribution in [2.45, 2.75) is 58.8 Å². The second kappa shape index (κ2) is 10.6. The van der Waals surface area contributed by atoms with Gasteiger partial charge in [-0.05, 0) is 36.5 Å². The molecule has 1 rings (SSSR count). The van der Waals surface area contributed by atoms with Crippen molar-refractivity contribution in [1.82, 2.24) is 10.9 Å². The van der Waals surface area contributed by atoms with E-state index >= 15 is 0 Å². The number of ether oxygens (including phenoxy) is 1. The standard InChI is InChI=1S/C18H28N2O3/c1-4-6-7-8-17(21)19-20-18(22)13-23-16-11-9-15(10-12-16)14(3)5-2/h9-12,14H,4-8,13H2,1-3H3,(H,19,21)(H,20,22)/t14-/m0/s1. The Morgan fingerprint density at radius 3 is 2.30 bits per heavy atom. The molecular weight excluding hydrogens is 292 g/mol. The summed E-state index contributed by atoms with van der Waals surface area (Å²) in [6.45, 7) is 6.27. The highest BCUT2D eigenvalue weighted by Gasteiger charge is 2.06. The van der Waals surface area contributed by atoms with Gasteiger partial charge in [-0.1, -0.05) is 45.7 Å². The van der Waals surface area contributed by atoms with Crippen LogP contribution in [0.2, 0.25) is 0 Å². The number of benzene rings is 1. The number of hydrogen-bond donors (Lipinski definition) is 2. The first-order valence-electron chi connectivity index (χ1n) is 8.37. The number of hydrazine groups is 1. The van der Waals surface area contributed by atoms with Crippen LogP contribution in [0, 0.1) is 0 Å². The molecule has 0 aliphatic rings. The van der Waals surface area contributed by atoms with Crippen LogP contribution in [0.4, 0.5) is 0 Å². The highest BCUT2D eigenvalue weighted by atomic mass is 16.5. The van der Waals surface area contributed by atoms with Crippen molar-refractivity contribution in [1.29, 1.82) is 0 Å². The van der Waals surface area contributed by atoms with Crippen molar-refractivity contribution >= 4 is 11.8 Å². The third-order valence-corrected chi connectivity index (χ3v) is 3.78. The number of carbonyl (C=O) groups excluding carboxylic acids is 2. The molecule has 0 aliphatic heterocycles. The maximum Gasteiger partial charge on any atom is 0.276 e. The lowest BCUT2D eigenvalue weighted by atomic mass is 9.99. The molecule has 0 aromatic heterocycles. The summed E-state index contributed by atoms with van der Waals surface area (Å²) in [4.78, 5) is 23.1. The zero-order chi connectivity index (χ0) is 17.1. The Morgan fingerprint density at radius 1 is 1.04 bits per heavy atom. The van der Waals surface area contributed by atoms with Crippen LogP contribution in [0.3, 0.4) is 0 Å². The molecule has 0 fully saturated rings. The predicted molar refractivity (Wildman–Crippen MR) is 91.1 cm³/mol. The topological polar surface area (TPSA) is 67.4 Å². The Labute approximate surface area is 138 Å². The lowest BCUT2D eigenvalue weighted by Crippen LogP contribution is -2.43. The summed E-state index contributed by atoms with van der Waals surface area (Å²) < 4.78 is 5.40. The van der Waals surface area contributed by atoms with E-state index < -0.39 is 0 Å². The molecule has 2 N–H and O–H groups in total. The highest BCUT2D eigenvalue weighted by Crippen LogP contribution is 2.21. The van der Waals surface area contributed by atoms with Gasteiger partial charge in [0.2, 0.25) is 5.91 Å². The summed E-state index contributed by atoms with van der Waals surface area (Å²) in [5.41, 5.74) is 6.00. The molecule has 0 aliphatic carbocycles. The number of carbonyl (C=O) groups is 2. The minimum atomic E-state index is -0.375. The molecular formula is C18H28N2O3. The van der Waals surface area contributed by atoms with E-state index in [4.69, 9.17) is 4.74 Å². The second-order valence-electron chi connectivity index (χ2n) is 5.72. The minimum Gasteiger partial charge on any atom is -0.484 e. The maximum absolute atomic E-state index is 11.6. The van der Waals surface area contributed by atoms with E-state index in [1.165, 1.54) is 5.56 Å². The Kier molecular flexibility index (Phi) is 8.80. The van der Waals surface area contributed by atoms with E-state index in [0.29, 0.717) is 18.1 Å². The molecule has 0 saturated heterocycles. The number of rotatable bonds is 9. The van der Waals surface area contributed by atoms with Crippen LogP contribution in [0.25, 0.3) is 0 Å². The van der Waals surface area contributed by atoms with Crippen molar-refractivity contribution in [3.63, 3.8) is 0 Å². The Bertz CT molecular complexity index is 486. The fraction of sp³-hybridized carbons (Fsp3) is 0.556. The van der Waals surface area contributed by atoms with Gasteiger partial charge in [0.25, 0.3) is 5.91 Å². The lowest BCUT2D eigenvalue weighted by molar-refractivity contribution is -0.130. The number of amides is 2. The molecule has 0 bridgehead atoms. The van der Waals surface area contributed by atoms with Gasteiger partial charge < -0.3 is 4.74 Å². The molecule has 1 aromatic carbocycles. The Morgan fingerprint density at radius 2 is 1.70 bits per heavy atom. The van der Waals surface area contributed by atoms with E-state index in [2.05, 4.69) is 31.6 Å². The van der Waals surface area contributed by atoms with E-state index in [9.17, 15) is 9.59 Å². The molecule has 0 spiro atoms. The third-order valence-electron chi connectivity index (χ3n) is 3.78. The molecule has 0 saturated carbocycles. The van der Waals surface area contributed by atoms with Crippen molar-refractivity contribution in [3.8, 4) is 5.75 Å². The molecule has 5 heteroatoms. The molecule has 1 atom stereocenters. The molecule has 0 heterocycles. The van der Waals surface area contributed by atoms with Gasteiger partial charge in [0, 0.05) is 6.42 Å². The quantitative estimate of drug-likeness (QED) is 0.542. The monoisotopic (exact) mass is 320 g/mol. The molecule has 1 aromatic rings. The van der Waals surface area contributed by atoms with E-state index in [0.717, 1.165) is 25.7 Å². The third kappa shape index (κ3) is 7.68. The molecule has 5 nitrogen and oxygen atoms in total. The molecule has 0 unspecified atom stereocenters. The normalized spacial score (nSPS) is 11.6. The zero-order valence-electron chi connectivity index (χ0n) is 14.4. The van der Waals surface area contributed by atoms with Crippen LogP contribution in [0.15, 0.2) is 24.3 Å². The van der Waals surface area contributed by atoms with E-state index in [-0.39, 0.29) is 18.4 Å². The average molecular weight is 320 g/mol. The minimum absolute atomic E-state index is 0.127. The van der Waals surface area contributed by atoms with Crippen LogP contribution in [-0.2, 0) is 9.59 Å². The van der Waals surface area contributed by atoms with Crippen molar-refractivity contribution < 1.29 is 14.3 Å². The number of nitrogens with one attached hydrogen (secondary N) is 2. The van der Waals surface area contributed by atoms with Crippen LogP contribution in [-0.4, -0.2) is 18.4 Å². The van der Waals surface area contributed by atoms with Gasteiger partial charge in [0.1, 0.15) is 5.75 Å². The highest BCUT2D eigenvalue weighted by molar-refractivity contribution is 5.82. The van der Waals surface area contributed by atoms with Crippen LogP contribution < -0.4 is 15.6 Å². The first-order valence-corrected chi connectivity index (χ1v) is 8.37. The van der Waals surface area contributed by atoms with Crippen LogP contribution in [0.5, 0.6) is 5.75 Å². The van der Waals surface area contributed by atoms with Gasteiger partial charge in [-0.25, -0.2) is 0 Å². The second-order valence-corrected chi connectivity index (χ2v) is 5.72. The SMILES string of the molecule is CCCCCC(=O)NNC(=O)COc1ccc([C@@H](C)CC)cc1. The van der Waals surface area contributed by atoms with Crippen LogP contribution >= 0.6 is 0 Å². The fourth-order valence-corrected chi connectivity index (χ4v) is 2.05. The zero-order valence-corrected chi connectivity index (χ0v) is 14.4. The summed E-state index contributed by atoms with van der Waals surface area (Å²) in [7, 11) is 0. The lowest BCUT2D eigenvalue weighted by Gasteiger charge is -2.11. The van der Waals surface area contributed by atoms with Crippen molar-refractivity contribution in [3.05, 3.63) is 29.8 Å². The molecule has 128 valence electrons. The van der Waals surface area contributed by atoms with E-state index in [1.54, 1.807) is 0 Å². The van der Waals surface area contributed by atoms with Gasteiger partial charge in [-0.15, -0.1) is 0 Å². The maximum atomic E-state index is 11.6. The van der Waals surface area contributed by atoms with Gasteiger partial charge in [-0.3, -0.25) is 20.4 Å². The largest absolute Gasteiger partial charge is 0.484 e. The van der Waals surface area contributed by atoms with Gasteiger partial charge in [0.15, 0.2) is 6.61 Å². The number of hydrogen-bond acceptors (Lipinski definition) is 3. The summed E-state index contributed by atoms with van der Waals surface area (Å²) in [5, 5.41) is 0. The summed E-state index contributed by atoms with van der Waals surface area (Å²) in [6, 6.07) is 7.74. The first-order chi connectivity index (χ1) is 11.1. The van der Waals surface area contributed by atoms with Crippen molar-refractivity contribution in [2.75, 3.05) is 6.61 Å². The first kappa shape index (κ1) is 19.0. The van der Waals surface area contributed by atoms with Gasteiger partial charge >= 0.3 is 0 Å². The van der Waals surface area contributed by atoms with E-state index in [1.807, 2.05) is 24.3 Å². The smallest absolute Gasteiger partial charge is 0.276 e. The predicted octanol–water partition coefficient (Wildman–Crippen LogP) is 3.31. The summed E-state index contributed by atoms with van der Waals surface area (Å²) in [6.07, 6.45) is 4.41.